The fourth-order valence-corrected chi connectivity index (χ4v) is 2.99. The minimum Gasteiger partial charge on any atom is -0.369 e. The van der Waals surface area contributed by atoms with Gasteiger partial charge >= 0.3 is 0 Å². The molecular weight excluding hydrogens is 270 g/mol. The summed E-state index contributed by atoms with van der Waals surface area (Å²) in [4.78, 5) is 29.4. The van der Waals surface area contributed by atoms with Crippen LogP contribution >= 0.6 is 0 Å². The number of carbonyl (C=O) groups excluding carboxylic acids is 2. The number of rotatable bonds is 1. The molecule has 0 aliphatic carbocycles. The molecule has 1 unspecified atom stereocenters. The van der Waals surface area contributed by atoms with Gasteiger partial charge in [-0.25, -0.2) is 4.99 Å². The Hall–Kier alpha value is -2.21. The van der Waals surface area contributed by atoms with Crippen molar-refractivity contribution in [1.82, 2.24) is 10.2 Å². The van der Waals surface area contributed by atoms with Crippen molar-refractivity contribution in [2.45, 2.75) is 39.0 Å². The summed E-state index contributed by atoms with van der Waals surface area (Å²) in [5.74, 6) is -0.0686. The van der Waals surface area contributed by atoms with E-state index in [1.165, 1.54) is 0 Å². The summed E-state index contributed by atoms with van der Waals surface area (Å²) in [6.45, 7) is 3.67. The van der Waals surface area contributed by atoms with Crippen LogP contribution in [0.15, 0.2) is 23.2 Å². The Morgan fingerprint density at radius 3 is 2.81 bits per heavy atom. The summed E-state index contributed by atoms with van der Waals surface area (Å²) in [6, 6.07) is 5.06. The molecule has 2 heterocycles. The lowest BCUT2D eigenvalue weighted by Gasteiger charge is -2.40. The van der Waals surface area contributed by atoms with Crippen molar-refractivity contribution >= 4 is 23.3 Å². The molecule has 1 fully saturated rings. The second kappa shape index (κ2) is 4.96. The molecule has 110 valence electrons. The second-order valence-corrected chi connectivity index (χ2v) is 5.41. The predicted molar refractivity (Wildman–Crippen MR) is 76.9 cm³/mol. The van der Waals surface area contributed by atoms with E-state index in [0.29, 0.717) is 17.8 Å². The first-order valence-corrected chi connectivity index (χ1v) is 6.94. The summed E-state index contributed by atoms with van der Waals surface area (Å²) in [7, 11) is 0. The molecule has 2 N–H and O–H groups in total. The molecular formula is C15H17N3O3. The van der Waals surface area contributed by atoms with Crippen LogP contribution in [0.1, 0.15) is 37.1 Å². The summed E-state index contributed by atoms with van der Waals surface area (Å²) in [5, 5.41) is 13.0. The molecule has 2 aliphatic rings. The number of carbonyl (C=O) groups is 2. The lowest BCUT2D eigenvalue weighted by molar-refractivity contribution is -0.139. The molecule has 6 heteroatoms. The largest absolute Gasteiger partial charge is 0.369 e. The topological polar surface area (TPSA) is 82.0 Å². The molecule has 1 aromatic rings. The molecule has 0 saturated carbocycles. The maximum Gasteiger partial charge on any atom is 0.249 e. The van der Waals surface area contributed by atoms with E-state index in [2.05, 4.69) is 10.3 Å². The van der Waals surface area contributed by atoms with Gasteiger partial charge in [-0.3, -0.25) is 14.9 Å². The molecule has 2 atom stereocenters. The smallest absolute Gasteiger partial charge is 0.249 e. The quantitative estimate of drug-likeness (QED) is 0.759. The Balaban J connectivity index is 2.00. The van der Waals surface area contributed by atoms with Gasteiger partial charge in [0.1, 0.15) is 11.9 Å². The third kappa shape index (κ3) is 2.21. The Morgan fingerprint density at radius 2 is 2.10 bits per heavy atom. The number of amides is 2. The number of hydrogen-bond donors (Lipinski definition) is 2. The fraction of sp³-hybridized carbons (Fsp3) is 0.400. The zero-order valence-corrected chi connectivity index (χ0v) is 12.0. The molecule has 0 radical (unpaired) electrons. The van der Waals surface area contributed by atoms with Crippen LogP contribution in [0.3, 0.4) is 0 Å². The first-order chi connectivity index (χ1) is 9.99. The number of piperidine rings is 1. The lowest BCUT2D eigenvalue weighted by atomic mass is 9.98. The van der Waals surface area contributed by atoms with Crippen LogP contribution in [-0.4, -0.2) is 33.7 Å². The Bertz CT molecular complexity index is 654. The van der Waals surface area contributed by atoms with Crippen molar-refractivity contribution in [1.29, 1.82) is 0 Å². The van der Waals surface area contributed by atoms with Gasteiger partial charge in [0.25, 0.3) is 0 Å². The molecule has 6 nitrogen and oxygen atoms in total. The summed E-state index contributed by atoms with van der Waals surface area (Å²) < 4.78 is 0. The van der Waals surface area contributed by atoms with E-state index in [-0.39, 0.29) is 18.2 Å². The van der Waals surface area contributed by atoms with Crippen molar-refractivity contribution in [3.05, 3.63) is 29.3 Å². The number of aliphatic hydroxyl groups is 1. The minimum absolute atomic E-state index is 0.270. The summed E-state index contributed by atoms with van der Waals surface area (Å²) in [5.41, 5.74) is 2.37. The van der Waals surface area contributed by atoms with Gasteiger partial charge in [-0.1, -0.05) is 12.1 Å². The number of amidine groups is 1. The van der Waals surface area contributed by atoms with Crippen molar-refractivity contribution < 1.29 is 14.7 Å². The van der Waals surface area contributed by atoms with E-state index in [1.807, 2.05) is 25.1 Å². The van der Waals surface area contributed by atoms with E-state index >= 15 is 0 Å². The number of aryl methyl sites for hydroxylation is 1. The number of benzene rings is 1. The van der Waals surface area contributed by atoms with Gasteiger partial charge in [-0.2, -0.15) is 0 Å². The molecule has 0 aromatic heterocycles. The zero-order valence-electron chi connectivity index (χ0n) is 12.0. The van der Waals surface area contributed by atoms with Gasteiger partial charge in [0.05, 0.1) is 5.69 Å². The number of aliphatic imine (C=N–C) groups is 1. The lowest BCUT2D eigenvalue weighted by Crippen LogP contribution is -2.55. The Labute approximate surface area is 122 Å². The third-order valence-corrected chi connectivity index (χ3v) is 4.02. The molecule has 2 aliphatic heterocycles. The highest BCUT2D eigenvalue weighted by Gasteiger charge is 2.38. The molecule has 1 saturated heterocycles. The average molecular weight is 287 g/mol. The predicted octanol–water partition coefficient (Wildman–Crippen LogP) is 1.16. The molecule has 2 amide bonds. The van der Waals surface area contributed by atoms with Crippen LogP contribution in [0.5, 0.6) is 0 Å². The monoisotopic (exact) mass is 287 g/mol. The molecule has 3 rings (SSSR count). The Morgan fingerprint density at radius 1 is 1.33 bits per heavy atom. The maximum atomic E-state index is 12.1. The van der Waals surface area contributed by atoms with Crippen LogP contribution in [0.4, 0.5) is 5.69 Å². The van der Waals surface area contributed by atoms with Gasteiger partial charge in [-0.05, 0) is 31.9 Å². The standard InChI is InChI=1S/C15H17N3O3/c1-8-4-3-5-10-13(8)15(21)18(9(2)16-10)11-6-7-12(19)17-14(11)20/h3-5,11,15,21H,6-7H2,1-2H3,(H,17,19,20)/t11-,15?/m1/s1. The molecule has 0 spiro atoms. The molecule has 0 bridgehead atoms. The van der Waals surface area contributed by atoms with E-state index in [0.717, 1.165) is 11.3 Å². The van der Waals surface area contributed by atoms with Crippen molar-refractivity contribution in [3.8, 4) is 0 Å². The van der Waals surface area contributed by atoms with E-state index in [4.69, 9.17) is 0 Å². The molecule has 21 heavy (non-hydrogen) atoms. The SMILES string of the molecule is CC1=Nc2cccc(C)c2C(O)N1[C@@H]1CCC(=O)NC1=O. The van der Waals surface area contributed by atoms with Crippen molar-refractivity contribution in [2.75, 3.05) is 0 Å². The average Bonchev–Trinajstić information content (AvgIpc) is 2.40. The number of imide groups is 1. The van der Waals surface area contributed by atoms with E-state index in [9.17, 15) is 14.7 Å². The van der Waals surface area contributed by atoms with Crippen LogP contribution in [0.2, 0.25) is 0 Å². The fourth-order valence-electron chi connectivity index (χ4n) is 2.99. The highest BCUT2D eigenvalue weighted by Crippen LogP contribution is 2.37. The maximum absolute atomic E-state index is 12.1. The number of aliphatic hydroxyl groups excluding tert-OH is 1. The van der Waals surface area contributed by atoms with Crippen molar-refractivity contribution in [2.24, 2.45) is 4.99 Å². The van der Waals surface area contributed by atoms with Gasteiger partial charge in [-0.15, -0.1) is 0 Å². The zero-order chi connectivity index (χ0) is 15.1. The first-order valence-electron chi connectivity index (χ1n) is 6.94. The van der Waals surface area contributed by atoms with Gasteiger partial charge in [0.15, 0.2) is 6.23 Å². The van der Waals surface area contributed by atoms with Gasteiger partial charge < -0.3 is 10.0 Å². The van der Waals surface area contributed by atoms with Crippen molar-refractivity contribution in [3.63, 3.8) is 0 Å². The normalized spacial score (nSPS) is 25.3. The number of fused-ring (bicyclic) bond motifs is 1. The Kier molecular flexibility index (Phi) is 3.25. The summed E-state index contributed by atoms with van der Waals surface area (Å²) >= 11 is 0. The van der Waals surface area contributed by atoms with Crippen LogP contribution in [0, 0.1) is 6.92 Å². The minimum atomic E-state index is -0.928. The van der Waals surface area contributed by atoms with E-state index < -0.39 is 12.3 Å². The number of hydrogen-bond acceptors (Lipinski definition) is 5. The highest BCUT2D eigenvalue weighted by atomic mass is 16.3. The second-order valence-electron chi connectivity index (χ2n) is 5.41. The number of nitrogens with zero attached hydrogens (tertiary/aromatic N) is 2. The first kappa shape index (κ1) is 13.8. The van der Waals surface area contributed by atoms with Crippen LogP contribution in [-0.2, 0) is 9.59 Å². The number of nitrogens with one attached hydrogen (secondary N) is 1. The molecule has 1 aromatic carbocycles. The van der Waals surface area contributed by atoms with Gasteiger partial charge in [0, 0.05) is 12.0 Å². The van der Waals surface area contributed by atoms with Crippen LogP contribution < -0.4 is 5.32 Å². The van der Waals surface area contributed by atoms with Crippen LogP contribution in [0.25, 0.3) is 0 Å². The summed E-state index contributed by atoms with van der Waals surface area (Å²) in [6.07, 6.45) is -0.272. The highest BCUT2D eigenvalue weighted by molar-refractivity contribution is 6.02. The third-order valence-electron chi connectivity index (χ3n) is 4.02. The van der Waals surface area contributed by atoms with E-state index in [1.54, 1.807) is 11.8 Å². The van der Waals surface area contributed by atoms with Gasteiger partial charge in [0.2, 0.25) is 11.8 Å².